The molecule has 1 aliphatic rings. The molecule has 1 saturated heterocycles. The van der Waals surface area contributed by atoms with Gasteiger partial charge in [-0.25, -0.2) is 0 Å². The monoisotopic (exact) mass is 411 g/mol. The number of rotatable bonds is 9. The lowest BCUT2D eigenvalue weighted by molar-refractivity contribution is 0.0531. The van der Waals surface area contributed by atoms with Crippen LogP contribution in [-0.4, -0.2) is 52.5 Å². The minimum Gasteiger partial charge on any atom is -0.497 e. The number of hydrogen-bond acceptors (Lipinski definition) is 4. The van der Waals surface area contributed by atoms with Gasteiger partial charge in [0.05, 0.1) is 20.2 Å². The summed E-state index contributed by atoms with van der Waals surface area (Å²) in [6.07, 6.45) is 1.97. The highest BCUT2D eigenvalue weighted by Crippen LogP contribution is 2.35. The van der Waals surface area contributed by atoms with E-state index in [1.807, 2.05) is 24.3 Å². The maximum absolute atomic E-state index is 5.80. The molecule has 0 amide bonds. The van der Waals surface area contributed by atoms with Crippen LogP contribution in [-0.2, 0) is 10.2 Å². The first kappa shape index (κ1) is 22.0. The van der Waals surface area contributed by atoms with Crippen LogP contribution in [0.3, 0.4) is 0 Å². The van der Waals surface area contributed by atoms with Gasteiger partial charge in [-0.05, 0) is 49.6 Å². The molecule has 0 aromatic heterocycles. The summed E-state index contributed by atoms with van der Waals surface area (Å²) in [5, 5.41) is 6.72. The first-order valence-electron chi connectivity index (χ1n) is 10.7. The molecule has 0 bridgehead atoms. The maximum atomic E-state index is 5.80. The summed E-state index contributed by atoms with van der Waals surface area (Å²) < 4.78 is 16.6. The van der Waals surface area contributed by atoms with Gasteiger partial charge >= 0.3 is 0 Å². The molecule has 0 radical (unpaired) electrons. The molecule has 1 aliphatic heterocycles. The number of benzene rings is 2. The SMILES string of the molecule is CCNC(=NCC1(c2ccccc2)CCOCC1)NCCOc1ccc(OC)cc1. The van der Waals surface area contributed by atoms with Crippen LogP contribution in [0.5, 0.6) is 11.5 Å². The molecule has 1 fully saturated rings. The van der Waals surface area contributed by atoms with Gasteiger partial charge in [0.25, 0.3) is 0 Å². The van der Waals surface area contributed by atoms with Crippen LogP contribution < -0.4 is 20.1 Å². The molecular formula is C24H33N3O3. The van der Waals surface area contributed by atoms with E-state index < -0.39 is 0 Å². The largest absolute Gasteiger partial charge is 0.497 e. The van der Waals surface area contributed by atoms with E-state index in [1.165, 1.54) is 5.56 Å². The maximum Gasteiger partial charge on any atom is 0.191 e. The van der Waals surface area contributed by atoms with Crippen molar-refractivity contribution >= 4 is 5.96 Å². The summed E-state index contributed by atoms with van der Waals surface area (Å²) >= 11 is 0. The number of ether oxygens (including phenoxy) is 3. The van der Waals surface area contributed by atoms with Crippen LogP contribution in [0.25, 0.3) is 0 Å². The number of guanidine groups is 1. The molecule has 0 atom stereocenters. The fourth-order valence-corrected chi connectivity index (χ4v) is 3.67. The second kappa shape index (κ2) is 11.5. The molecule has 0 spiro atoms. The van der Waals surface area contributed by atoms with E-state index in [1.54, 1.807) is 7.11 Å². The highest BCUT2D eigenvalue weighted by atomic mass is 16.5. The fraction of sp³-hybridized carbons (Fsp3) is 0.458. The molecule has 0 unspecified atom stereocenters. The highest BCUT2D eigenvalue weighted by molar-refractivity contribution is 5.79. The number of nitrogens with zero attached hydrogens (tertiary/aromatic N) is 1. The Morgan fingerprint density at radius 3 is 2.37 bits per heavy atom. The topological polar surface area (TPSA) is 64.1 Å². The van der Waals surface area contributed by atoms with Crippen molar-refractivity contribution in [3.63, 3.8) is 0 Å². The van der Waals surface area contributed by atoms with Crippen molar-refractivity contribution in [3.05, 3.63) is 60.2 Å². The summed E-state index contributed by atoms with van der Waals surface area (Å²) in [6.45, 7) is 6.40. The average Bonchev–Trinajstić information content (AvgIpc) is 2.81. The third-order valence-electron chi connectivity index (χ3n) is 5.44. The van der Waals surface area contributed by atoms with E-state index >= 15 is 0 Å². The zero-order valence-corrected chi connectivity index (χ0v) is 18.0. The molecule has 3 rings (SSSR count). The van der Waals surface area contributed by atoms with Crippen molar-refractivity contribution in [2.45, 2.75) is 25.2 Å². The smallest absolute Gasteiger partial charge is 0.191 e. The van der Waals surface area contributed by atoms with Crippen molar-refractivity contribution in [1.29, 1.82) is 0 Å². The Labute approximate surface area is 179 Å². The molecule has 0 saturated carbocycles. The Hall–Kier alpha value is -2.73. The van der Waals surface area contributed by atoms with Crippen LogP contribution in [0.15, 0.2) is 59.6 Å². The van der Waals surface area contributed by atoms with Gasteiger partial charge in [0, 0.05) is 25.2 Å². The van der Waals surface area contributed by atoms with Gasteiger partial charge in [-0.2, -0.15) is 0 Å². The average molecular weight is 412 g/mol. The van der Waals surface area contributed by atoms with Gasteiger partial charge in [0.15, 0.2) is 5.96 Å². The van der Waals surface area contributed by atoms with Crippen molar-refractivity contribution in [2.24, 2.45) is 4.99 Å². The van der Waals surface area contributed by atoms with Gasteiger partial charge in [-0.15, -0.1) is 0 Å². The Morgan fingerprint density at radius 2 is 1.70 bits per heavy atom. The van der Waals surface area contributed by atoms with E-state index in [4.69, 9.17) is 19.2 Å². The summed E-state index contributed by atoms with van der Waals surface area (Å²) in [6, 6.07) is 18.3. The summed E-state index contributed by atoms with van der Waals surface area (Å²) in [5.41, 5.74) is 1.37. The fourth-order valence-electron chi connectivity index (χ4n) is 3.67. The van der Waals surface area contributed by atoms with E-state index in [9.17, 15) is 0 Å². The van der Waals surface area contributed by atoms with Crippen molar-refractivity contribution in [3.8, 4) is 11.5 Å². The number of methoxy groups -OCH3 is 1. The first-order valence-corrected chi connectivity index (χ1v) is 10.7. The number of nitrogens with one attached hydrogen (secondary N) is 2. The van der Waals surface area contributed by atoms with Gasteiger partial charge in [-0.1, -0.05) is 30.3 Å². The molecule has 2 N–H and O–H groups in total. The van der Waals surface area contributed by atoms with Crippen LogP contribution in [0.2, 0.25) is 0 Å². The van der Waals surface area contributed by atoms with Crippen LogP contribution in [0, 0.1) is 0 Å². The molecular weight excluding hydrogens is 378 g/mol. The number of hydrogen-bond donors (Lipinski definition) is 2. The minimum atomic E-state index is 0.0292. The van der Waals surface area contributed by atoms with Crippen molar-refractivity contribution < 1.29 is 14.2 Å². The normalized spacial score (nSPS) is 16.0. The van der Waals surface area contributed by atoms with Gasteiger partial charge < -0.3 is 24.8 Å². The summed E-state index contributed by atoms with van der Waals surface area (Å²) in [5.74, 6) is 2.46. The Kier molecular flexibility index (Phi) is 8.39. The lowest BCUT2D eigenvalue weighted by Gasteiger charge is -2.36. The van der Waals surface area contributed by atoms with Crippen LogP contribution in [0.4, 0.5) is 0 Å². The molecule has 2 aromatic carbocycles. The summed E-state index contributed by atoms with van der Waals surface area (Å²) in [7, 11) is 1.66. The standard InChI is InChI=1S/C24H33N3O3/c1-3-25-23(26-15-18-30-22-11-9-21(28-2)10-12-22)27-19-24(13-16-29-17-14-24)20-7-5-4-6-8-20/h4-12H,3,13-19H2,1-2H3,(H2,25,26,27). The van der Waals surface area contributed by atoms with Gasteiger partial charge in [0.1, 0.15) is 18.1 Å². The lowest BCUT2D eigenvalue weighted by atomic mass is 9.74. The molecule has 1 heterocycles. The lowest BCUT2D eigenvalue weighted by Crippen LogP contribution is -2.42. The van der Waals surface area contributed by atoms with Crippen molar-refractivity contribution in [1.82, 2.24) is 10.6 Å². The number of aliphatic imine (C=N–C) groups is 1. The third-order valence-corrected chi connectivity index (χ3v) is 5.44. The Balaban J connectivity index is 1.57. The molecule has 162 valence electrons. The first-order chi connectivity index (χ1) is 14.8. The summed E-state index contributed by atoms with van der Waals surface area (Å²) in [4.78, 5) is 4.92. The Morgan fingerprint density at radius 1 is 1.00 bits per heavy atom. The van der Waals surface area contributed by atoms with Gasteiger partial charge in [0.2, 0.25) is 0 Å². The molecule has 6 heteroatoms. The van der Waals surface area contributed by atoms with Crippen LogP contribution >= 0.6 is 0 Å². The molecule has 6 nitrogen and oxygen atoms in total. The second-order valence-electron chi connectivity index (χ2n) is 7.40. The van der Waals surface area contributed by atoms with Crippen molar-refractivity contribution in [2.75, 3.05) is 46.6 Å². The van der Waals surface area contributed by atoms with Gasteiger partial charge in [-0.3, -0.25) is 4.99 Å². The predicted molar refractivity (Wildman–Crippen MR) is 121 cm³/mol. The zero-order valence-electron chi connectivity index (χ0n) is 18.0. The minimum absolute atomic E-state index is 0.0292. The third kappa shape index (κ3) is 6.13. The molecule has 2 aromatic rings. The molecule has 30 heavy (non-hydrogen) atoms. The molecule has 0 aliphatic carbocycles. The predicted octanol–water partition coefficient (Wildman–Crippen LogP) is 3.38. The quantitative estimate of drug-likeness (QED) is 0.376. The second-order valence-corrected chi connectivity index (χ2v) is 7.40. The highest BCUT2D eigenvalue weighted by Gasteiger charge is 2.34. The Bertz CT molecular complexity index is 772. The zero-order chi connectivity index (χ0) is 21.1. The van der Waals surface area contributed by atoms with E-state index in [2.05, 4.69) is 47.9 Å². The van der Waals surface area contributed by atoms with E-state index in [0.29, 0.717) is 13.2 Å². The van der Waals surface area contributed by atoms with Crippen LogP contribution in [0.1, 0.15) is 25.3 Å². The van der Waals surface area contributed by atoms with E-state index in [0.717, 1.165) is 56.6 Å². The van der Waals surface area contributed by atoms with E-state index in [-0.39, 0.29) is 5.41 Å².